The molecule has 3 atom stereocenters. The fraction of sp³-hybridized carbons (Fsp3) is 0.500. The van der Waals surface area contributed by atoms with Gasteiger partial charge in [0.2, 0.25) is 10.0 Å². The van der Waals surface area contributed by atoms with Crippen LogP contribution in [0.5, 0.6) is 0 Å². The van der Waals surface area contributed by atoms with Crippen molar-refractivity contribution in [2.75, 3.05) is 0 Å². The second-order valence-electron chi connectivity index (χ2n) is 7.68. The van der Waals surface area contributed by atoms with Crippen molar-refractivity contribution in [2.45, 2.75) is 48.8 Å². The number of nitrogens with zero attached hydrogens (tertiary/aromatic N) is 2. The Kier molecular flexibility index (Phi) is 3.56. The smallest absolute Gasteiger partial charge is 0.285 e. The molecule has 27 heavy (non-hydrogen) atoms. The van der Waals surface area contributed by atoms with Gasteiger partial charge in [-0.1, -0.05) is 0 Å². The van der Waals surface area contributed by atoms with Crippen LogP contribution in [-0.2, 0) is 22.6 Å². The first-order chi connectivity index (χ1) is 12.8. The number of sulfonamides is 1. The zero-order chi connectivity index (χ0) is 19.0. The summed E-state index contributed by atoms with van der Waals surface area (Å²) in [6.07, 6.45) is 0.815. The van der Waals surface area contributed by atoms with Gasteiger partial charge < -0.3 is 0 Å². The Morgan fingerprint density at radius 3 is 2.48 bits per heavy atom. The third-order valence-electron chi connectivity index (χ3n) is 6.07. The van der Waals surface area contributed by atoms with E-state index in [0.29, 0.717) is 12.3 Å². The lowest BCUT2D eigenvalue weighted by Gasteiger charge is -2.34. The van der Waals surface area contributed by atoms with Crippen LogP contribution in [0.1, 0.15) is 42.1 Å². The Labute approximate surface area is 154 Å². The van der Waals surface area contributed by atoms with E-state index in [1.807, 2.05) is 0 Å². The number of hydrogen-bond acceptors (Lipinski definition) is 3. The summed E-state index contributed by atoms with van der Waals surface area (Å²) in [5, 5.41) is 7.11. The molecule has 1 aromatic carbocycles. The first kappa shape index (κ1) is 17.2. The van der Waals surface area contributed by atoms with Crippen LogP contribution in [0.15, 0.2) is 35.4 Å². The van der Waals surface area contributed by atoms with Gasteiger partial charge in [-0.2, -0.15) is 22.6 Å². The van der Waals surface area contributed by atoms with Crippen LogP contribution >= 0.6 is 0 Å². The maximum Gasteiger partial charge on any atom is 0.416 e. The van der Waals surface area contributed by atoms with Crippen LogP contribution in [0.2, 0.25) is 0 Å². The number of aromatic nitrogens is 2. The van der Waals surface area contributed by atoms with Gasteiger partial charge in [0.05, 0.1) is 22.2 Å². The average molecular weight is 397 g/mol. The number of H-pyrrole nitrogens is 1. The minimum atomic E-state index is -4.49. The molecule has 3 heterocycles. The fourth-order valence-electron chi connectivity index (χ4n) is 4.73. The van der Waals surface area contributed by atoms with Crippen molar-refractivity contribution in [1.82, 2.24) is 14.5 Å². The molecule has 3 aliphatic rings. The zero-order valence-electron chi connectivity index (χ0n) is 14.3. The van der Waals surface area contributed by atoms with Crippen molar-refractivity contribution in [1.29, 1.82) is 0 Å². The zero-order valence-corrected chi connectivity index (χ0v) is 15.1. The Morgan fingerprint density at radius 1 is 1.15 bits per heavy atom. The molecule has 1 saturated carbocycles. The molecule has 5 rings (SSSR count). The molecule has 2 bridgehead atoms. The highest BCUT2D eigenvalue weighted by Crippen LogP contribution is 2.57. The highest BCUT2D eigenvalue weighted by Gasteiger charge is 2.56. The number of benzene rings is 1. The van der Waals surface area contributed by atoms with Crippen LogP contribution in [0.3, 0.4) is 0 Å². The number of alkyl halides is 3. The van der Waals surface area contributed by atoms with Crippen molar-refractivity contribution in [3.05, 3.63) is 47.3 Å². The van der Waals surface area contributed by atoms with Crippen LogP contribution in [0.4, 0.5) is 13.2 Å². The van der Waals surface area contributed by atoms with Gasteiger partial charge >= 0.3 is 6.18 Å². The summed E-state index contributed by atoms with van der Waals surface area (Å²) in [7, 11) is -3.90. The van der Waals surface area contributed by atoms with Gasteiger partial charge in [0.1, 0.15) is 0 Å². The van der Waals surface area contributed by atoms with E-state index < -0.39 is 21.8 Å². The Balaban J connectivity index is 1.55. The van der Waals surface area contributed by atoms with E-state index in [1.165, 1.54) is 4.31 Å². The van der Waals surface area contributed by atoms with Crippen LogP contribution in [0.25, 0.3) is 0 Å². The first-order valence-electron chi connectivity index (χ1n) is 9.00. The highest BCUT2D eigenvalue weighted by molar-refractivity contribution is 7.89. The van der Waals surface area contributed by atoms with Gasteiger partial charge in [-0.15, -0.1) is 0 Å². The Bertz CT molecular complexity index is 980. The summed E-state index contributed by atoms with van der Waals surface area (Å²) < 4.78 is 66.7. The van der Waals surface area contributed by atoms with Gasteiger partial charge in [-0.3, -0.25) is 5.10 Å². The normalized spacial score (nSPS) is 28.3. The molecule has 1 saturated heterocycles. The lowest BCUT2D eigenvalue weighted by atomic mass is 9.92. The summed E-state index contributed by atoms with van der Waals surface area (Å²) in [5.74, 6) is 0.768. The van der Waals surface area contributed by atoms with Gasteiger partial charge in [-0.05, 0) is 55.4 Å². The predicted octanol–water partition coefficient (Wildman–Crippen LogP) is 3.52. The minimum Gasteiger partial charge on any atom is -0.285 e. The van der Waals surface area contributed by atoms with E-state index in [1.54, 1.807) is 6.20 Å². The van der Waals surface area contributed by atoms with Crippen molar-refractivity contribution < 1.29 is 21.6 Å². The van der Waals surface area contributed by atoms with E-state index in [-0.39, 0.29) is 22.9 Å². The molecule has 1 N–H and O–H groups in total. The van der Waals surface area contributed by atoms with E-state index in [9.17, 15) is 21.6 Å². The molecule has 9 heteroatoms. The molecule has 2 aromatic rings. The molecule has 2 fully saturated rings. The van der Waals surface area contributed by atoms with E-state index >= 15 is 0 Å². The molecular weight excluding hydrogens is 379 g/mol. The van der Waals surface area contributed by atoms with Gasteiger partial charge in [0, 0.05) is 24.2 Å². The van der Waals surface area contributed by atoms with Gasteiger partial charge in [0.25, 0.3) is 0 Å². The number of fused-ring (bicyclic) bond motifs is 4. The first-order valence-corrected chi connectivity index (χ1v) is 10.4. The van der Waals surface area contributed by atoms with E-state index in [2.05, 4.69) is 10.2 Å². The SMILES string of the molecule is O=S(=O)(c1ccc(C(F)(F)F)cc1)N1C2Cc3n[nH]cc3C1C(C1CC1)C2. The summed E-state index contributed by atoms with van der Waals surface area (Å²) in [6, 6.07) is 3.32. The summed E-state index contributed by atoms with van der Waals surface area (Å²) in [6.45, 7) is 0. The Morgan fingerprint density at radius 2 is 1.85 bits per heavy atom. The van der Waals surface area contributed by atoms with Crippen LogP contribution in [-0.4, -0.2) is 29.0 Å². The second kappa shape index (κ2) is 5.57. The number of aromatic amines is 1. The molecule has 1 aromatic heterocycles. The number of hydrogen-bond donors (Lipinski definition) is 1. The quantitative estimate of drug-likeness (QED) is 0.862. The lowest BCUT2D eigenvalue weighted by molar-refractivity contribution is -0.137. The van der Waals surface area contributed by atoms with Crippen molar-refractivity contribution in [2.24, 2.45) is 11.8 Å². The molecule has 3 unspecified atom stereocenters. The summed E-state index contributed by atoms with van der Waals surface area (Å²) in [4.78, 5) is -0.0890. The number of halogens is 3. The average Bonchev–Trinajstić information content (AvgIpc) is 3.27. The van der Waals surface area contributed by atoms with Gasteiger partial charge in [0.15, 0.2) is 0 Å². The second-order valence-corrected chi connectivity index (χ2v) is 9.53. The van der Waals surface area contributed by atoms with Gasteiger partial charge in [-0.25, -0.2) is 8.42 Å². The van der Waals surface area contributed by atoms with Crippen molar-refractivity contribution in [3.63, 3.8) is 0 Å². The third-order valence-corrected chi connectivity index (χ3v) is 8.02. The molecular formula is C18H18F3N3O2S. The molecule has 0 spiro atoms. The standard InChI is InChI=1S/C18H18F3N3O2S/c19-18(20,21)11-3-5-13(6-4-11)27(25,26)24-12-7-14(10-1-2-10)17(24)15-9-22-23-16(15)8-12/h3-6,9-10,12,14,17H,1-2,7-8H2,(H,22,23). The van der Waals surface area contributed by atoms with Crippen LogP contribution in [0, 0.1) is 11.8 Å². The van der Waals surface area contributed by atoms with Crippen molar-refractivity contribution in [3.8, 4) is 0 Å². The fourth-order valence-corrected chi connectivity index (χ4v) is 6.58. The number of rotatable bonds is 3. The summed E-state index contributed by atoms with van der Waals surface area (Å²) in [5.41, 5.74) is 0.971. The van der Waals surface area contributed by atoms with Crippen LogP contribution < -0.4 is 0 Å². The minimum absolute atomic E-state index is 0.0890. The highest BCUT2D eigenvalue weighted by atomic mass is 32.2. The Hall–Kier alpha value is -1.87. The van der Waals surface area contributed by atoms with Crippen molar-refractivity contribution >= 4 is 10.0 Å². The topological polar surface area (TPSA) is 66.1 Å². The maximum absolute atomic E-state index is 13.3. The molecule has 5 nitrogen and oxygen atoms in total. The predicted molar refractivity (Wildman–Crippen MR) is 90.1 cm³/mol. The number of nitrogens with one attached hydrogen (secondary N) is 1. The maximum atomic E-state index is 13.3. The monoisotopic (exact) mass is 397 g/mol. The molecule has 0 amide bonds. The third kappa shape index (κ3) is 2.62. The summed E-state index contributed by atoms with van der Waals surface area (Å²) >= 11 is 0. The molecule has 0 radical (unpaired) electrons. The molecule has 1 aliphatic carbocycles. The molecule has 144 valence electrons. The molecule has 2 aliphatic heterocycles. The van der Waals surface area contributed by atoms with E-state index in [4.69, 9.17) is 0 Å². The van der Waals surface area contributed by atoms with E-state index in [0.717, 1.165) is 54.8 Å². The largest absolute Gasteiger partial charge is 0.416 e. The lowest BCUT2D eigenvalue weighted by Crippen LogP contribution is -2.42.